The Morgan fingerprint density at radius 3 is 2.73 bits per heavy atom. The molecule has 1 unspecified atom stereocenters. The summed E-state index contributed by atoms with van der Waals surface area (Å²) in [6, 6.07) is 12.1. The number of fused-ring (bicyclic) bond motifs is 1. The van der Waals surface area contributed by atoms with Crippen molar-refractivity contribution in [3.8, 4) is 0 Å². The van der Waals surface area contributed by atoms with Crippen molar-refractivity contribution in [2.24, 2.45) is 11.5 Å². The van der Waals surface area contributed by atoms with Gasteiger partial charge in [0.2, 0.25) is 0 Å². The van der Waals surface area contributed by atoms with Gasteiger partial charge in [0.15, 0.2) is 0 Å². The summed E-state index contributed by atoms with van der Waals surface area (Å²) < 4.78 is 0. The fourth-order valence-electron chi connectivity index (χ4n) is 1.57. The van der Waals surface area contributed by atoms with Gasteiger partial charge in [0.05, 0.1) is 5.52 Å². The first kappa shape index (κ1) is 10.1. The van der Waals surface area contributed by atoms with E-state index in [2.05, 4.69) is 17.1 Å². The molecule has 15 heavy (non-hydrogen) atoms. The average Bonchev–Trinajstić information content (AvgIpc) is 2.29. The molecular weight excluding hydrogens is 186 g/mol. The van der Waals surface area contributed by atoms with Crippen molar-refractivity contribution in [3.63, 3.8) is 0 Å². The van der Waals surface area contributed by atoms with Crippen LogP contribution in [0.25, 0.3) is 10.9 Å². The number of hydrogen-bond acceptors (Lipinski definition) is 3. The Labute approximate surface area is 89.1 Å². The Morgan fingerprint density at radius 1 is 1.13 bits per heavy atom. The van der Waals surface area contributed by atoms with Gasteiger partial charge >= 0.3 is 0 Å². The van der Waals surface area contributed by atoms with Crippen molar-refractivity contribution < 1.29 is 0 Å². The van der Waals surface area contributed by atoms with E-state index in [-0.39, 0.29) is 6.04 Å². The highest BCUT2D eigenvalue weighted by atomic mass is 14.7. The van der Waals surface area contributed by atoms with Crippen LogP contribution in [0.3, 0.4) is 0 Å². The molecule has 2 rings (SSSR count). The number of nitrogens with two attached hydrogens (primary N) is 2. The molecule has 1 aromatic heterocycles. The number of benzene rings is 1. The zero-order valence-electron chi connectivity index (χ0n) is 8.56. The molecule has 3 heteroatoms. The summed E-state index contributed by atoms with van der Waals surface area (Å²) in [6.07, 6.45) is 0.737. The molecule has 0 bridgehead atoms. The van der Waals surface area contributed by atoms with Crippen molar-refractivity contribution in [1.29, 1.82) is 0 Å². The fourth-order valence-corrected chi connectivity index (χ4v) is 1.57. The first-order valence-electron chi connectivity index (χ1n) is 5.10. The minimum atomic E-state index is -0.00124. The smallest absolute Gasteiger partial charge is 0.0705 e. The van der Waals surface area contributed by atoms with E-state index in [0.717, 1.165) is 23.0 Å². The van der Waals surface area contributed by atoms with Crippen molar-refractivity contribution in [3.05, 3.63) is 42.1 Å². The van der Waals surface area contributed by atoms with Gasteiger partial charge in [0.1, 0.15) is 0 Å². The topological polar surface area (TPSA) is 64.9 Å². The van der Waals surface area contributed by atoms with Gasteiger partial charge < -0.3 is 11.5 Å². The van der Waals surface area contributed by atoms with Gasteiger partial charge in [-0.15, -0.1) is 0 Å². The van der Waals surface area contributed by atoms with Crippen LogP contribution in [0.5, 0.6) is 0 Å². The molecule has 0 fully saturated rings. The lowest BCUT2D eigenvalue weighted by atomic mass is 10.1. The van der Waals surface area contributed by atoms with E-state index in [1.807, 2.05) is 24.3 Å². The largest absolute Gasteiger partial charge is 0.329 e. The summed E-state index contributed by atoms with van der Waals surface area (Å²) in [4.78, 5) is 4.53. The zero-order chi connectivity index (χ0) is 10.7. The molecule has 1 heterocycles. The Morgan fingerprint density at radius 2 is 1.93 bits per heavy atom. The minimum absolute atomic E-state index is 0.00124. The zero-order valence-corrected chi connectivity index (χ0v) is 8.56. The third-order valence-electron chi connectivity index (χ3n) is 2.43. The SMILES string of the molecule is NCC(N)Cc1ccc2ccccc2n1. The standard InChI is InChI=1S/C12H15N3/c13-8-10(14)7-11-6-5-9-3-1-2-4-12(9)15-11/h1-6,10H,7-8,13-14H2. The Kier molecular flexibility index (Phi) is 2.94. The fraction of sp³-hybridized carbons (Fsp3) is 0.250. The maximum absolute atomic E-state index is 5.78. The van der Waals surface area contributed by atoms with Crippen LogP contribution in [0, 0.1) is 0 Å². The highest BCUT2D eigenvalue weighted by molar-refractivity contribution is 5.78. The molecule has 0 aliphatic rings. The molecule has 4 N–H and O–H groups in total. The highest BCUT2D eigenvalue weighted by Crippen LogP contribution is 2.12. The minimum Gasteiger partial charge on any atom is -0.329 e. The van der Waals surface area contributed by atoms with Crippen LogP contribution in [0.15, 0.2) is 36.4 Å². The lowest BCUT2D eigenvalue weighted by Gasteiger charge is -2.08. The van der Waals surface area contributed by atoms with Crippen molar-refractivity contribution in [2.75, 3.05) is 6.54 Å². The van der Waals surface area contributed by atoms with Crippen molar-refractivity contribution in [2.45, 2.75) is 12.5 Å². The third kappa shape index (κ3) is 2.32. The highest BCUT2D eigenvalue weighted by Gasteiger charge is 2.03. The lowest BCUT2D eigenvalue weighted by Crippen LogP contribution is -2.31. The number of pyridine rings is 1. The van der Waals surface area contributed by atoms with Crippen LogP contribution in [0.2, 0.25) is 0 Å². The van der Waals surface area contributed by atoms with Crippen LogP contribution < -0.4 is 11.5 Å². The average molecular weight is 201 g/mol. The summed E-state index contributed by atoms with van der Waals surface area (Å²) >= 11 is 0. The molecule has 0 amide bonds. The van der Waals surface area contributed by atoms with E-state index in [1.165, 1.54) is 0 Å². The van der Waals surface area contributed by atoms with Gasteiger partial charge in [-0.1, -0.05) is 24.3 Å². The van der Waals surface area contributed by atoms with E-state index in [4.69, 9.17) is 11.5 Å². The van der Waals surface area contributed by atoms with Gasteiger partial charge in [-0.3, -0.25) is 4.98 Å². The van der Waals surface area contributed by atoms with Gasteiger partial charge in [0, 0.05) is 30.1 Å². The van der Waals surface area contributed by atoms with Gasteiger partial charge in [0.25, 0.3) is 0 Å². The molecule has 0 radical (unpaired) electrons. The van der Waals surface area contributed by atoms with E-state index in [0.29, 0.717) is 6.54 Å². The van der Waals surface area contributed by atoms with Crippen molar-refractivity contribution in [1.82, 2.24) is 4.98 Å². The summed E-state index contributed by atoms with van der Waals surface area (Å²) in [5.41, 5.74) is 13.3. The molecule has 0 saturated heterocycles. The van der Waals surface area contributed by atoms with E-state index in [9.17, 15) is 0 Å². The van der Waals surface area contributed by atoms with Gasteiger partial charge in [-0.05, 0) is 12.1 Å². The summed E-state index contributed by atoms with van der Waals surface area (Å²) in [5.74, 6) is 0. The second kappa shape index (κ2) is 4.38. The maximum Gasteiger partial charge on any atom is 0.0705 e. The number of aromatic nitrogens is 1. The van der Waals surface area contributed by atoms with Crippen LogP contribution in [0.1, 0.15) is 5.69 Å². The van der Waals surface area contributed by atoms with Crippen LogP contribution in [-0.4, -0.2) is 17.6 Å². The first-order valence-corrected chi connectivity index (χ1v) is 5.10. The second-order valence-electron chi connectivity index (χ2n) is 3.70. The predicted molar refractivity (Wildman–Crippen MR) is 62.5 cm³/mol. The molecule has 0 saturated carbocycles. The van der Waals surface area contributed by atoms with Crippen LogP contribution in [0.4, 0.5) is 0 Å². The molecule has 0 spiro atoms. The third-order valence-corrected chi connectivity index (χ3v) is 2.43. The Hall–Kier alpha value is -1.45. The summed E-state index contributed by atoms with van der Waals surface area (Å²) in [6.45, 7) is 0.495. The molecule has 1 atom stereocenters. The molecule has 1 aromatic carbocycles. The Bertz CT molecular complexity index is 453. The number of para-hydroxylation sites is 1. The van der Waals surface area contributed by atoms with E-state index >= 15 is 0 Å². The normalized spacial score (nSPS) is 12.9. The summed E-state index contributed by atoms with van der Waals surface area (Å²) in [7, 11) is 0. The number of hydrogen-bond donors (Lipinski definition) is 2. The molecule has 78 valence electrons. The number of nitrogens with zero attached hydrogens (tertiary/aromatic N) is 1. The molecule has 0 aliphatic heterocycles. The second-order valence-corrected chi connectivity index (χ2v) is 3.70. The maximum atomic E-state index is 5.78. The van der Waals surface area contributed by atoms with Crippen molar-refractivity contribution >= 4 is 10.9 Å². The first-order chi connectivity index (χ1) is 7.29. The van der Waals surface area contributed by atoms with Gasteiger partial charge in [-0.2, -0.15) is 0 Å². The summed E-state index contributed by atoms with van der Waals surface area (Å²) in [5, 5.41) is 1.16. The van der Waals surface area contributed by atoms with Crippen LogP contribution >= 0.6 is 0 Å². The Balaban J connectivity index is 2.30. The van der Waals surface area contributed by atoms with E-state index in [1.54, 1.807) is 0 Å². The molecule has 2 aromatic rings. The monoisotopic (exact) mass is 201 g/mol. The van der Waals surface area contributed by atoms with Crippen LogP contribution in [-0.2, 0) is 6.42 Å². The quantitative estimate of drug-likeness (QED) is 0.780. The molecular formula is C12H15N3. The predicted octanol–water partition coefficient (Wildman–Crippen LogP) is 1.06. The lowest BCUT2D eigenvalue weighted by molar-refractivity contribution is 0.669. The molecule has 3 nitrogen and oxygen atoms in total. The van der Waals surface area contributed by atoms with E-state index < -0.39 is 0 Å². The molecule has 0 aliphatic carbocycles. The van der Waals surface area contributed by atoms with Gasteiger partial charge in [-0.25, -0.2) is 0 Å². The number of rotatable bonds is 3.